The maximum absolute atomic E-state index is 4.51. The molecule has 11 rings (SSSR count). The number of pyridine rings is 1. The second-order valence-corrected chi connectivity index (χ2v) is 23.8. The van der Waals surface area contributed by atoms with Gasteiger partial charge in [-0.05, 0) is 171 Å². The van der Waals surface area contributed by atoms with Crippen molar-refractivity contribution in [1.29, 1.82) is 0 Å². The van der Waals surface area contributed by atoms with Crippen molar-refractivity contribution in [2.24, 2.45) is 0 Å². The van der Waals surface area contributed by atoms with Crippen molar-refractivity contribution in [1.82, 2.24) is 4.98 Å². The molecule has 1 fully saturated rings. The normalized spacial score (nSPS) is 19.7. The highest BCUT2D eigenvalue weighted by Crippen LogP contribution is 2.61. The molecule has 0 N–H and O–H groups in total. The van der Waals surface area contributed by atoms with E-state index in [0.29, 0.717) is 0 Å². The van der Waals surface area contributed by atoms with E-state index >= 15 is 0 Å². The molecular formula is C62H67BN4. The van der Waals surface area contributed by atoms with Crippen LogP contribution < -0.4 is 31.1 Å². The molecule has 2 atom stereocenters. The molecule has 0 spiro atoms. The van der Waals surface area contributed by atoms with Crippen molar-refractivity contribution in [2.75, 3.05) is 14.7 Å². The minimum Gasteiger partial charge on any atom is -0.334 e. The van der Waals surface area contributed by atoms with Crippen LogP contribution in [-0.4, -0.2) is 17.2 Å². The molecule has 0 bridgehead atoms. The molecule has 3 aliphatic heterocycles. The lowest BCUT2D eigenvalue weighted by Crippen LogP contribution is -2.61. The molecule has 0 radical (unpaired) electrons. The van der Waals surface area contributed by atoms with Gasteiger partial charge in [-0.15, -0.1) is 0 Å². The number of fused-ring (bicyclic) bond motifs is 7. The van der Waals surface area contributed by atoms with Crippen LogP contribution in [0.2, 0.25) is 0 Å². The van der Waals surface area contributed by atoms with Gasteiger partial charge in [-0.25, -0.2) is 0 Å². The molecule has 4 heterocycles. The van der Waals surface area contributed by atoms with Gasteiger partial charge >= 0.3 is 0 Å². The first-order valence-corrected chi connectivity index (χ1v) is 24.9. The Balaban J connectivity index is 1.17. The van der Waals surface area contributed by atoms with Crippen molar-refractivity contribution in [3.8, 4) is 11.1 Å². The third-order valence-corrected chi connectivity index (χ3v) is 16.4. The summed E-state index contributed by atoms with van der Waals surface area (Å²) >= 11 is 0. The number of aromatic nitrogens is 1. The van der Waals surface area contributed by atoms with E-state index in [9.17, 15) is 0 Å². The highest BCUT2D eigenvalue weighted by Gasteiger charge is 2.58. The van der Waals surface area contributed by atoms with Gasteiger partial charge in [-0.1, -0.05) is 137 Å². The first-order chi connectivity index (χ1) is 31.8. The molecule has 1 aromatic heterocycles. The van der Waals surface area contributed by atoms with Gasteiger partial charge in [0.15, 0.2) is 0 Å². The lowest BCUT2D eigenvalue weighted by atomic mass is 9.33. The molecule has 6 aromatic carbocycles. The SMILES string of the molecule is Cc1cc2c3c(c1)N(c1cccc(C(C)(C)C)c1)c1cc(C(C)(C)C)ccc1B3c1ccc(N3c4ccc(-c5cccnc5)cc4C4(C)CCCCC34C)cc1N2c1ccc(C(C)(C)C)cc1. The van der Waals surface area contributed by atoms with E-state index in [0.717, 1.165) is 6.42 Å². The van der Waals surface area contributed by atoms with Gasteiger partial charge in [-0.2, -0.15) is 0 Å². The van der Waals surface area contributed by atoms with E-state index in [4.69, 9.17) is 0 Å². The van der Waals surface area contributed by atoms with Crippen LogP contribution >= 0.6 is 0 Å². The monoisotopic (exact) mass is 879 g/mol. The highest BCUT2D eigenvalue weighted by atomic mass is 15.3. The summed E-state index contributed by atoms with van der Waals surface area (Å²) in [4.78, 5) is 12.5. The number of hydrogen-bond donors (Lipinski definition) is 0. The van der Waals surface area contributed by atoms with Gasteiger partial charge in [-0.3, -0.25) is 4.98 Å². The molecule has 7 aromatic rings. The Bertz CT molecular complexity index is 3090. The number of aryl methyl sites for hydroxylation is 1. The molecule has 2 unspecified atom stereocenters. The third-order valence-electron chi connectivity index (χ3n) is 16.4. The molecule has 4 nitrogen and oxygen atoms in total. The number of anilines is 8. The fraction of sp³-hybridized carbons (Fsp3) is 0.339. The standard InChI is InChI=1S/C62H67BN4/c1-40-33-55-57-56(34-40)66(47-19-15-18-44(36-47)59(5,6)7)53-37-45(60(8,9)10)23-27-50(53)63(57)51-28-26-48(38-54(51)65(55)46-24-21-43(22-25-46)58(2,3)4)67-52-29-20-41(42-17-16-32-64-39-42)35-49(52)61(11)30-13-14-31-62(61,67)12/h15-29,32-39H,13-14,30-31H2,1-12H3. The topological polar surface area (TPSA) is 22.6 Å². The maximum Gasteiger partial charge on any atom is 0.252 e. The molecule has 67 heavy (non-hydrogen) atoms. The Morgan fingerprint density at radius 2 is 1.12 bits per heavy atom. The second-order valence-electron chi connectivity index (χ2n) is 23.8. The fourth-order valence-electron chi connectivity index (χ4n) is 12.4. The van der Waals surface area contributed by atoms with E-state index < -0.39 is 0 Å². The first kappa shape index (κ1) is 43.5. The van der Waals surface area contributed by atoms with Crippen LogP contribution in [0.5, 0.6) is 0 Å². The number of rotatable bonds is 4. The molecule has 0 saturated heterocycles. The summed E-state index contributed by atoms with van der Waals surface area (Å²) in [6, 6.07) is 50.0. The predicted molar refractivity (Wildman–Crippen MR) is 287 cm³/mol. The summed E-state index contributed by atoms with van der Waals surface area (Å²) in [5, 5.41) is 0. The largest absolute Gasteiger partial charge is 0.334 e. The highest BCUT2D eigenvalue weighted by molar-refractivity contribution is 7.00. The third kappa shape index (κ3) is 6.73. The van der Waals surface area contributed by atoms with Gasteiger partial charge < -0.3 is 14.7 Å². The van der Waals surface area contributed by atoms with E-state index in [2.05, 4.69) is 230 Å². The van der Waals surface area contributed by atoms with Gasteiger partial charge in [0.1, 0.15) is 0 Å². The summed E-state index contributed by atoms with van der Waals surface area (Å²) in [7, 11) is 0. The van der Waals surface area contributed by atoms with Crippen LogP contribution in [0.15, 0.2) is 140 Å². The van der Waals surface area contributed by atoms with Crippen LogP contribution in [0.4, 0.5) is 45.5 Å². The summed E-state index contributed by atoms with van der Waals surface area (Å²) in [6.07, 6.45) is 8.65. The first-order valence-electron chi connectivity index (χ1n) is 24.9. The maximum atomic E-state index is 4.51. The molecule has 4 aliphatic rings. The van der Waals surface area contributed by atoms with Crippen molar-refractivity contribution in [2.45, 2.75) is 136 Å². The molecule has 1 saturated carbocycles. The lowest BCUT2D eigenvalue weighted by molar-refractivity contribution is 0.195. The van der Waals surface area contributed by atoms with E-state index in [1.165, 1.54) is 120 Å². The molecule has 338 valence electrons. The lowest BCUT2D eigenvalue weighted by Gasteiger charge is -2.50. The molecule has 0 amide bonds. The van der Waals surface area contributed by atoms with E-state index in [1.54, 1.807) is 0 Å². The Hall–Kier alpha value is -6.07. The summed E-state index contributed by atoms with van der Waals surface area (Å²) < 4.78 is 0. The fourth-order valence-corrected chi connectivity index (χ4v) is 12.4. The second kappa shape index (κ2) is 15.0. The molecular weight excluding hydrogens is 812 g/mol. The summed E-state index contributed by atoms with van der Waals surface area (Å²) in [5.74, 6) is 0. The van der Waals surface area contributed by atoms with E-state index in [1.807, 2.05) is 12.4 Å². The predicted octanol–water partition coefficient (Wildman–Crippen LogP) is 14.8. The molecule has 5 heteroatoms. The van der Waals surface area contributed by atoms with Crippen molar-refractivity contribution in [3.63, 3.8) is 0 Å². The van der Waals surface area contributed by atoms with Gasteiger partial charge in [0.05, 0.1) is 5.54 Å². The molecule has 1 aliphatic carbocycles. The summed E-state index contributed by atoms with van der Waals surface area (Å²) in [5.41, 5.74) is 23.1. The average Bonchev–Trinajstić information content (AvgIpc) is 3.50. The van der Waals surface area contributed by atoms with Crippen LogP contribution in [0.3, 0.4) is 0 Å². The zero-order valence-corrected chi connectivity index (χ0v) is 42.0. The van der Waals surface area contributed by atoms with Crippen LogP contribution in [-0.2, 0) is 21.7 Å². The smallest absolute Gasteiger partial charge is 0.252 e. The number of hydrogen-bond acceptors (Lipinski definition) is 4. The zero-order valence-electron chi connectivity index (χ0n) is 42.0. The van der Waals surface area contributed by atoms with Gasteiger partial charge in [0, 0.05) is 63.3 Å². The Labute approximate surface area is 401 Å². The summed E-state index contributed by atoms with van der Waals surface area (Å²) in [6.45, 7) is 28.3. The average molecular weight is 879 g/mol. The van der Waals surface area contributed by atoms with Crippen molar-refractivity contribution >= 4 is 68.6 Å². The zero-order chi connectivity index (χ0) is 47.0. The van der Waals surface area contributed by atoms with Crippen LogP contribution in [0, 0.1) is 6.92 Å². The van der Waals surface area contributed by atoms with Crippen molar-refractivity contribution < 1.29 is 0 Å². The van der Waals surface area contributed by atoms with Gasteiger partial charge in [0.25, 0.3) is 6.71 Å². The van der Waals surface area contributed by atoms with Gasteiger partial charge in [0.2, 0.25) is 0 Å². The Morgan fingerprint density at radius 1 is 0.507 bits per heavy atom. The van der Waals surface area contributed by atoms with E-state index in [-0.39, 0.29) is 33.9 Å². The van der Waals surface area contributed by atoms with Crippen LogP contribution in [0.25, 0.3) is 11.1 Å². The Morgan fingerprint density at radius 3 is 1.79 bits per heavy atom. The number of benzene rings is 6. The number of nitrogens with zero attached hydrogens (tertiary/aromatic N) is 4. The minimum atomic E-state index is -0.103. The van der Waals surface area contributed by atoms with Crippen LogP contribution in [0.1, 0.15) is 130 Å². The minimum absolute atomic E-state index is 0.00671. The quantitative estimate of drug-likeness (QED) is 0.164. The Kier molecular flexibility index (Phi) is 9.72. The van der Waals surface area contributed by atoms with Crippen molar-refractivity contribution in [3.05, 3.63) is 168 Å².